The van der Waals surface area contributed by atoms with E-state index in [1.54, 1.807) is 75.6 Å². The third kappa shape index (κ3) is 5.70. The van der Waals surface area contributed by atoms with Crippen molar-refractivity contribution in [3.8, 4) is 0 Å². The minimum absolute atomic E-state index is 0.272. The number of hydrogen-bond acceptors (Lipinski definition) is 7. The molecule has 2 aromatic carbocycles. The highest BCUT2D eigenvalue weighted by molar-refractivity contribution is 6.20. The number of carbonyl (C=O) groups is 3. The summed E-state index contributed by atoms with van der Waals surface area (Å²) >= 11 is 0. The van der Waals surface area contributed by atoms with Crippen LogP contribution in [-0.4, -0.2) is 60.9 Å². The second kappa shape index (κ2) is 11.2. The summed E-state index contributed by atoms with van der Waals surface area (Å²) in [6, 6.07) is 19.0. The van der Waals surface area contributed by atoms with Gasteiger partial charge in [-0.2, -0.15) is 0 Å². The molecule has 38 heavy (non-hydrogen) atoms. The molecule has 3 aromatic rings. The van der Waals surface area contributed by atoms with Crippen molar-refractivity contribution in [1.29, 1.82) is 0 Å². The van der Waals surface area contributed by atoms with Crippen molar-refractivity contribution in [2.45, 2.75) is 25.6 Å². The Morgan fingerprint density at radius 2 is 1.76 bits per heavy atom. The molecule has 1 aliphatic rings. The lowest BCUT2D eigenvalue weighted by molar-refractivity contribution is -0.136. The first-order valence-corrected chi connectivity index (χ1v) is 12.1. The highest BCUT2D eigenvalue weighted by Crippen LogP contribution is 2.28. The predicted molar refractivity (Wildman–Crippen MR) is 147 cm³/mol. The molecule has 0 fully saturated rings. The molecule has 0 aliphatic carbocycles. The van der Waals surface area contributed by atoms with Crippen LogP contribution >= 0.6 is 0 Å². The molecule has 0 bridgehead atoms. The smallest absolute Gasteiger partial charge is 0.321 e. The van der Waals surface area contributed by atoms with E-state index in [1.807, 2.05) is 18.2 Å². The number of methoxy groups -OCH3 is 1. The normalized spacial score (nSPS) is 15.2. The van der Waals surface area contributed by atoms with Crippen LogP contribution in [0.15, 0.2) is 77.9 Å². The average molecular weight is 515 g/mol. The molecule has 0 saturated carbocycles. The van der Waals surface area contributed by atoms with Gasteiger partial charge in [-0.25, -0.2) is 9.79 Å². The zero-order valence-electron chi connectivity index (χ0n) is 21.7. The minimum Gasteiger partial charge on any atom is -0.388 e. The molecule has 0 radical (unpaired) electrons. The number of amides is 3. The van der Waals surface area contributed by atoms with Gasteiger partial charge in [0, 0.05) is 37.3 Å². The van der Waals surface area contributed by atoms with Gasteiger partial charge >= 0.3 is 6.03 Å². The minimum atomic E-state index is -1.33. The number of carbonyl (C=O) groups excluding carboxylic acids is 3. The predicted octanol–water partition coefficient (Wildman–Crippen LogP) is 3.45. The fourth-order valence-electron chi connectivity index (χ4n) is 3.89. The van der Waals surface area contributed by atoms with Crippen LogP contribution in [0.3, 0.4) is 0 Å². The van der Waals surface area contributed by atoms with Crippen molar-refractivity contribution in [1.82, 2.24) is 10.3 Å². The molecule has 196 valence electrons. The van der Waals surface area contributed by atoms with Crippen LogP contribution in [0.25, 0.3) is 0 Å². The van der Waals surface area contributed by atoms with Crippen molar-refractivity contribution < 1.29 is 19.1 Å². The molecule has 0 saturated heterocycles. The second-order valence-electron chi connectivity index (χ2n) is 9.10. The topological polar surface area (TPSA) is 125 Å². The van der Waals surface area contributed by atoms with Gasteiger partial charge in [-0.1, -0.05) is 30.3 Å². The number of pyridine rings is 1. The van der Waals surface area contributed by atoms with Crippen molar-refractivity contribution >= 4 is 40.5 Å². The van der Waals surface area contributed by atoms with Gasteiger partial charge < -0.3 is 25.6 Å². The molecule has 10 heteroatoms. The number of benzodiazepines with no additional fused rings is 1. The Balaban J connectivity index is 1.74. The van der Waals surface area contributed by atoms with Crippen molar-refractivity contribution in [3.05, 3.63) is 84.2 Å². The number of fused-ring (bicyclic) bond motifs is 1. The number of para-hydroxylation sites is 1. The largest absolute Gasteiger partial charge is 0.388 e. The van der Waals surface area contributed by atoms with Gasteiger partial charge in [0.05, 0.1) is 23.6 Å². The molecule has 1 aromatic heterocycles. The fraction of sp³-hybridized carbons (Fsp3) is 0.250. The molecule has 4 rings (SSSR count). The number of anilines is 3. The van der Waals surface area contributed by atoms with E-state index in [0.717, 1.165) is 5.69 Å². The number of ketones is 1. The lowest BCUT2D eigenvalue weighted by Gasteiger charge is -2.29. The quantitative estimate of drug-likeness (QED) is 0.423. The lowest BCUT2D eigenvalue weighted by atomic mass is 10.0. The number of benzene rings is 2. The highest BCUT2D eigenvalue weighted by atomic mass is 16.5. The summed E-state index contributed by atoms with van der Waals surface area (Å²) in [5, 5.41) is 8.41. The average Bonchev–Trinajstić information content (AvgIpc) is 3.04. The van der Waals surface area contributed by atoms with Crippen LogP contribution in [-0.2, 0) is 14.3 Å². The van der Waals surface area contributed by atoms with Gasteiger partial charge in [0.1, 0.15) is 5.60 Å². The van der Waals surface area contributed by atoms with Crippen molar-refractivity contribution in [2.24, 2.45) is 4.99 Å². The molecule has 0 spiro atoms. The third-order valence-corrected chi connectivity index (χ3v) is 6.28. The van der Waals surface area contributed by atoms with Crippen LogP contribution in [0.5, 0.6) is 0 Å². The van der Waals surface area contributed by atoms with E-state index in [-0.39, 0.29) is 12.3 Å². The monoisotopic (exact) mass is 514 g/mol. The maximum atomic E-state index is 13.9. The van der Waals surface area contributed by atoms with E-state index in [0.29, 0.717) is 28.3 Å². The summed E-state index contributed by atoms with van der Waals surface area (Å²) in [5.74, 6) is -0.876. The van der Waals surface area contributed by atoms with Crippen LogP contribution in [0.2, 0.25) is 0 Å². The molecule has 1 atom stereocenters. The molecule has 3 amide bonds. The van der Waals surface area contributed by atoms with Gasteiger partial charge in [-0.3, -0.25) is 14.6 Å². The Morgan fingerprint density at radius 3 is 2.47 bits per heavy atom. The zero-order valence-corrected chi connectivity index (χ0v) is 21.7. The van der Waals surface area contributed by atoms with Crippen molar-refractivity contribution in [2.75, 3.05) is 36.2 Å². The molecule has 2 heterocycles. The number of hydrogen-bond donors (Lipinski definition) is 3. The van der Waals surface area contributed by atoms with Gasteiger partial charge in [0.25, 0.3) is 5.91 Å². The van der Waals surface area contributed by atoms with Gasteiger partial charge in [0.2, 0.25) is 6.17 Å². The number of nitrogens with zero attached hydrogens (tertiary/aromatic N) is 3. The van der Waals surface area contributed by atoms with Crippen LogP contribution in [0, 0.1) is 0 Å². The second-order valence-corrected chi connectivity index (χ2v) is 9.10. The van der Waals surface area contributed by atoms with Gasteiger partial charge in [-0.15, -0.1) is 0 Å². The van der Waals surface area contributed by atoms with E-state index in [1.165, 1.54) is 12.0 Å². The Morgan fingerprint density at radius 1 is 1.03 bits per heavy atom. The third-order valence-electron chi connectivity index (χ3n) is 6.28. The standard InChI is InChI=1S/C28H30N6O4/c1-28(2,38-4)23(35)17-34-22-14-6-5-12-20(22)24(21-13-7-8-15-30-21)32-25(26(34)36)33-27(37)31-19-11-9-10-18(16-19)29-3/h5-16,25,29H,17H2,1-4H3,(H2,31,33,37)/t25-/m0/s1. The molecule has 3 N–H and O–H groups in total. The Labute approximate surface area is 221 Å². The summed E-state index contributed by atoms with van der Waals surface area (Å²) in [7, 11) is 3.21. The Hall–Kier alpha value is -4.57. The number of Topliss-reactive ketones (excluding diaryl/α,β-unsaturated/α-hetero) is 1. The van der Waals surface area contributed by atoms with E-state index >= 15 is 0 Å². The summed E-state index contributed by atoms with van der Waals surface area (Å²) in [6.45, 7) is 3.01. The van der Waals surface area contributed by atoms with E-state index in [2.05, 4.69) is 25.9 Å². The van der Waals surface area contributed by atoms with E-state index in [9.17, 15) is 14.4 Å². The molecule has 1 aliphatic heterocycles. The summed E-state index contributed by atoms with van der Waals surface area (Å²) in [5.41, 5.74) is 2.24. The first-order chi connectivity index (χ1) is 18.2. The van der Waals surface area contributed by atoms with Crippen LogP contribution in [0.4, 0.5) is 21.9 Å². The van der Waals surface area contributed by atoms with Crippen LogP contribution in [0.1, 0.15) is 25.1 Å². The number of rotatable bonds is 8. The zero-order chi connectivity index (χ0) is 27.3. The van der Waals surface area contributed by atoms with E-state index < -0.39 is 23.7 Å². The molecule has 0 unspecified atom stereocenters. The highest BCUT2D eigenvalue weighted by Gasteiger charge is 2.37. The fourth-order valence-corrected chi connectivity index (χ4v) is 3.89. The van der Waals surface area contributed by atoms with Gasteiger partial charge in [0.15, 0.2) is 5.78 Å². The first kappa shape index (κ1) is 26.5. The van der Waals surface area contributed by atoms with E-state index in [4.69, 9.17) is 4.74 Å². The Bertz CT molecular complexity index is 1370. The first-order valence-electron chi connectivity index (χ1n) is 12.1. The maximum absolute atomic E-state index is 13.9. The molecule has 10 nitrogen and oxygen atoms in total. The number of urea groups is 1. The molecular weight excluding hydrogens is 484 g/mol. The summed E-state index contributed by atoms with van der Waals surface area (Å²) in [4.78, 5) is 50.4. The maximum Gasteiger partial charge on any atom is 0.321 e. The summed E-state index contributed by atoms with van der Waals surface area (Å²) < 4.78 is 5.35. The summed E-state index contributed by atoms with van der Waals surface area (Å²) in [6.07, 6.45) is 0.296. The number of aromatic nitrogens is 1. The molecular formula is C28H30N6O4. The van der Waals surface area contributed by atoms with Crippen molar-refractivity contribution in [3.63, 3.8) is 0 Å². The van der Waals surface area contributed by atoms with Gasteiger partial charge in [-0.05, 0) is 50.2 Å². The lowest BCUT2D eigenvalue weighted by Crippen LogP contribution is -2.52. The SMILES string of the molecule is CNc1cccc(NC(=O)N[C@@H]2N=C(c3ccccn3)c3ccccc3N(CC(=O)C(C)(C)OC)C2=O)c1. The number of aliphatic imine (C=N–C) groups is 1. The van der Waals surface area contributed by atoms with Crippen LogP contribution < -0.4 is 20.9 Å². The Kier molecular flexibility index (Phi) is 7.82. The number of nitrogens with one attached hydrogen (secondary N) is 3. The number of ether oxygens (including phenoxy) is 1.